The van der Waals surface area contributed by atoms with Gasteiger partial charge >= 0.3 is 0 Å². The Morgan fingerprint density at radius 1 is 1.27 bits per heavy atom. The number of hydrogen-bond donors (Lipinski definition) is 1. The molecule has 1 unspecified atom stereocenters. The van der Waals surface area contributed by atoms with Crippen LogP contribution in [-0.4, -0.2) is 13.1 Å². The molecule has 2 heterocycles. The first-order valence-electron chi connectivity index (χ1n) is 5.87. The fraction of sp³-hybridized carbons (Fsp3) is 0.667. The van der Waals surface area contributed by atoms with E-state index in [1.54, 1.807) is 15.3 Å². The molecule has 0 bridgehead atoms. The van der Waals surface area contributed by atoms with Gasteiger partial charge in [-0.15, -0.1) is 11.3 Å². The van der Waals surface area contributed by atoms with Gasteiger partial charge in [0, 0.05) is 26.7 Å². The topological polar surface area (TPSA) is 12.0 Å². The number of rotatable bonds is 1. The lowest BCUT2D eigenvalue weighted by molar-refractivity contribution is 0.693. The first kappa shape index (κ1) is 10.3. The molecule has 1 aromatic heterocycles. The van der Waals surface area contributed by atoms with E-state index in [1.807, 2.05) is 0 Å². The normalized spacial score (nSPS) is 25.5. The summed E-state index contributed by atoms with van der Waals surface area (Å²) in [5, 5.41) is 3.46. The Balaban J connectivity index is 1.97. The highest BCUT2D eigenvalue weighted by Gasteiger charge is 2.25. The summed E-state index contributed by atoms with van der Waals surface area (Å²) in [7, 11) is 0. The molecule has 0 spiro atoms. The van der Waals surface area contributed by atoms with Gasteiger partial charge in [0.25, 0.3) is 0 Å². The molecule has 3 rings (SSSR count). The molecule has 15 heavy (non-hydrogen) atoms. The highest BCUT2D eigenvalue weighted by molar-refractivity contribution is 9.10. The molecule has 1 aromatic rings. The molecule has 1 fully saturated rings. The molecular formula is C12H16BrNS. The van der Waals surface area contributed by atoms with Crippen LogP contribution in [0.2, 0.25) is 0 Å². The molecule has 0 amide bonds. The van der Waals surface area contributed by atoms with E-state index in [0.29, 0.717) is 0 Å². The lowest BCUT2D eigenvalue weighted by atomic mass is 9.97. The molecule has 1 N–H and O–H groups in total. The molecule has 1 nitrogen and oxygen atoms in total. The van der Waals surface area contributed by atoms with Crippen molar-refractivity contribution >= 4 is 27.3 Å². The lowest BCUT2D eigenvalue weighted by Gasteiger charge is -2.10. The highest BCUT2D eigenvalue weighted by atomic mass is 79.9. The van der Waals surface area contributed by atoms with E-state index in [2.05, 4.69) is 32.6 Å². The average molecular weight is 286 g/mol. The quantitative estimate of drug-likeness (QED) is 0.833. The first-order valence-corrected chi connectivity index (χ1v) is 7.48. The fourth-order valence-corrected chi connectivity index (χ4v) is 5.24. The van der Waals surface area contributed by atoms with Gasteiger partial charge in [-0.3, -0.25) is 0 Å². The van der Waals surface area contributed by atoms with Gasteiger partial charge in [-0.2, -0.15) is 0 Å². The second-order valence-corrected chi connectivity index (χ2v) is 6.51. The van der Waals surface area contributed by atoms with E-state index in [1.165, 1.54) is 49.7 Å². The third-order valence-corrected chi connectivity index (χ3v) is 6.19. The Bertz CT molecular complexity index is 366. The minimum Gasteiger partial charge on any atom is -0.316 e. The van der Waals surface area contributed by atoms with Gasteiger partial charge < -0.3 is 5.32 Å². The van der Waals surface area contributed by atoms with Crippen molar-refractivity contribution < 1.29 is 0 Å². The Hall–Kier alpha value is 0.140. The Kier molecular flexibility index (Phi) is 2.88. The molecular weight excluding hydrogens is 270 g/mol. The van der Waals surface area contributed by atoms with Crippen LogP contribution in [0.5, 0.6) is 0 Å². The van der Waals surface area contributed by atoms with Gasteiger partial charge in [-0.25, -0.2) is 0 Å². The highest BCUT2D eigenvalue weighted by Crippen LogP contribution is 2.42. The van der Waals surface area contributed by atoms with Crippen molar-refractivity contribution in [3.05, 3.63) is 19.8 Å². The fourth-order valence-electron chi connectivity index (χ4n) is 2.69. The predicted molar refractivity (Wildman–Crippen MR) is 68.9 cm³/mol. The predicted octanol–water partition coefficient (Wildman–Crippen LogP) is 3.47. The van der Waals surface area contributed by atoms with Crippen LogP contribution in [0.15, 0.2) is 4.47 Å². The van der Waals surface area contributed by atoms with E-state index in [4.69, 9.17) is 0 Å². The summed E-state index contributed by atoms with van der Waals surface area (Å²) < 4.78 is 1.45. The van der Waals surface area contributed by atoms with Crippen LogP contribution in [0.3, 0.4) is 0 Å². The largest absolute Gasteiger partial charge is 0.316 e. The summed E-state index contributed by atoms with van der Waals surface area (Å²) in [5.41, 5.74) is 1.63. The summed E-state index contributed by atoms with van der Waals surface area (Å²) in [5.74, 6) is 0.773. The zero-order valence-electron chi connectivity index (χ0n) is 8.81. The summed E-state index contributed by atoms with van der Waals surface area (Å²) in [6.07, 6.45) is 6.70. The van der Waals surface area contributed by atoms with Crippen molar-refractivity contribution in [1.82, 2.24) is 5.32 Å². The minimum absolute atomic E-state index is 0.773. The number of thiophene rings is 1. The SMILES string of the molecule is Brc1c(C2CCNC2)sc2c1CCCC2. The van der Waals surface area contributed by atoms with Crippen molar-refractivity contribution in [1.29, 1.82) is 0 Å². The summed E-state index contributed by atoms with van der Waals surface area (Å²) in [6.45, 7) is 2.37. The first-order chi connectivity index (χ1) is 7.36. The maximum atomic E-state index is 3.83. The molecule has 0 aromatic carbocycles. The minimum atomic E-state index is 0.773. The Morgan fingerprint density at radius 3 is 2.87 bits per heavy atom. The zero-order valence-corrected chi connectivity index (χ0v) is 11.2. The van der Waals surface area contributed by atoms with Crippen molar-refractivity contribution in [2.45, 2.75) is 38.0 Å². The maximum absolute atomic E-state index is 3.83. The van der Waals surface area contributed by atoms with Crippen molar-refractivity contribution in [2.75, 3.05) is 13.1 Å². The van der Waals surface area contributed by atoms with Crippen molar-refractivity contribution in [2.24, 2.45) is 0 Å². The third kappa shape index (κ3) is 1.79. The molecule has 2 aliphatic rings. The third-order valence-electron chi connectivity index (χ3n) is 3.56. The summed E-state index contributed by atoms with van der Waals surface area (Å²) >= 11 is 5.90. The standard InChI is InChI=1S/C12H16BrNS/c13-11-9-3-1-2-4-10(9)15-12(11)8-5-6-14-7-8/h8,14H,1-7H2. The van der Waals surface area contributed by atoms with Crippen LogP contribution in [-0.2, 0) is 12.8 Å². The van der Waals surface area contributed by atoms with Crippen LogP contribution in [0.25, 0.3) is 0 Å². The van der Waals surface area contributed by atoms with Gasteiger partial charge in [-0.1, -0.05) is 0 Å². The average Bonchev–Trinajstić information content (AvgIpc) is 2.87. The van der Waals surface area contributed by atoms with E-state index >= 15 is 0 Å². The smallest absolute Gasteiger partial charge is 0.0352 e. The van der Waals surface area contributed by atoms with E-state index < -0.39 is 0 Å². The summed E-state index contributed by atoms with van der Waals surface area (Å²) in [6, 6.07) is 0. The van der Waals surface area contributed by atoms with Crippen molar-refractivity contribution in [3.63, 3.8) is 0 Å². The lowest BCUT2D eigenvalue weighted by Crippen LogP contribution is -2.07. The number of aryl methyl sites for hydroxylation is 1. The number of halogens is 1. The van der Waals surface area contributed by atoms with Gasteiger partial charge in [-0.05, 0) is 60.1 Å². The molecule has 1 aliphatic heterocycles. The molecule has 0 radical (unpaired) electrons. The Labute approximate surface area is 103 Å². The molecule has 3 heteroatoms. The number of hydrogen-bond acceptors (Lipinski definition) is 2. The second-order valence-electron chi connectivity index (χ2n) is 4.58. The van der Waals surface area contributed by atoms with E-state index in [-0.39, 0.29) is 0 Å². The molecule has 1 atom stereocenters. The van der Waals surface area contributed by atoms with Gasteiger partial charge in [0.1, 0.15) is 0 Å². The van der Waals surface area contributed by atoms with Gasteiger partial charge in [0.2, 0.25) is 0 Å². The monoisotopic (exact) mass is 285 g/mol. The van der Waals surface area contributed by atoms with Gasteiger partial charge in [0.15, 0.2) is 0 Å². The van der Waals surface area contributed by atoms with Crippen molar-refractivity contribution in [3.8, 4) is 0 Å². The number of fused-ring (bicyclic) bond motifs is 1. The van der Waals surface area contributed by atoms with Gasteiger partial charge in [0.05, 0.1) is 0 Å². The second kappa shape index (κ2) is 4.19. The zero-order chi connectivity index (χ0) is 10.3. The van der Waals surface area contributed by atoms with E-state index in [0.717, 1.165) is 5.92 Å². The molecule has 82 valence electrons. The van der Waals surface area contributed by atoms with Crippen LogP contribution in [0, 0.1) is 0 Å². The van der Waals surface area contributed by atoms with Crippen LogP contribution in [0.4, 0.5) is 0 Å². The van der Waals surface area contributed by atoms with E-state index in [9.17, 15) is 0 Å². The van der Waals surface area contributed by atoms with Crippen LogP contribution in [0.1, 0.15) is 40.5 Å². The number of nitrogens with one attached hydrogen (secondary N) is 1. The summed E-state index contributed by atoms with van der Waals surface area (Å²) in [4.78, 5) is 3.28. The molecule has 0 saturated carbocycles. The van der Waals surface area contributed by atoms with Crippen LogP contribution < -0.4 is 5.32 Å². The van der Waals surface area contributed by atoms with Crippen LogP contribution >= 0.6 is 27.3 Å². The molecule has 1 saturated heterocycles. The molecule has 1 aliphatic carbocycles. The maximum Gasteiger partial charge on any atom is 0.0352 e. The Morgan fingerprint density at radius 2 is 2.13 bits per heavy atom.